The minimum Gasteiger partial charge on any atom is -0.399 e. The van der Waals surface area contributed by atoms with Gasteiger partial charge in [0.15, 0.2) is 0 Å². The van der Waals surface area contributed by atoms with Gasteiger partial charge in [-0.3, -0.25) is 4.79 Å². The van der Waals surface area contributed by atoms with Gasteiger partial charge in [0, 0.05) is 24.3 Å². The van der Waals surface area contributed by atoms with E-state index in [1.165, 1.54) is 11.1 Å². The molecule has 0 saturated carbocycles. The van der Waals surface area contributed by atoms with Crippen LogP contribution < -0.4 is 5.73 Å². The quantitative estimate of drug-likeness (QED) is 0.850. The number of nitrogen functional groups attached to an aromatic ring is 1. The molecule has 3 rings (SSSR count). The van der Waals surface area contributed by atoms with E-state index < -0.39 is 0 Å². The maximum atomic E-state index is 12.6. The van der Waals surface area contributed by atoms with Gasteiger partial charge in [0.2, 0.25) is 0 Å². The normalized spacial score (nSPS) is 14.2. The number of hydrogen-bond donors (Lipinski definition) is 1. The number of fused-ring (bicyclic) bond motifs is 1. The Morgan fingerprint density at radius 3 is 2.80 bits per heavy atom. The molecule has 0 spiro atoms. The molecule has 3 nitrogen and oxygen atoms in total. The van der Waals surface area contributed by atoms with E-state index in [9.17, 15) is 4.79 Å². The highest BCUT2D eigenvalue weighted by Crippen LogP contribution is 2.23. The van der Waals surface area contributed by atoms with Crippen LogP contribution in [0.2, 0.25) is 0 Å². The summed E-state index contributed by atoms with van der Waals surface area (Å²) in [6, 6.07) is 13.8. The third-order valence-electron chi connectivity index (χ3n) is 3.93. The zero-order chi connectivity index (χ0) is 14.1. The Hall–Kier alpha value is -2.29. The highest BCUT2D eigenvalue weighted by Gasteiger charge is 2.24. The zero-order valence-corrected chi connectivity index (χ0v) is 11.6. The lowest BCUT2D eigenvalue weighted by Gasteiger charge is -2.29. The standard InChI is InChI=1S/C17H18N2O/c1-12-4-2-3-5-14(12)11-19-9-8-13-6-7-15(18)10-16(13)17(19)20/h2-7,10H,8-9,11,18H2,1H3. The summed E-state index contributed by atoms with van der Waals surface area (Å²) in [7, 11) is 0. The number of benzene rings is 2. The summed E-state index contributed by atoms with van der Waals surface area (Å²) in [6.07, 6.45) is 0.896. The number of aryl methyl sites for hydroxylation is 1. The Kier molecular flexibility index (Phi) is 3.18. The molecule has 3 heteroatoms. The number of anilines is 1. The van der Waals surface area contributed by atoms with Gasteiger partial charge in [0.05, 0.1) is 0 Å². The molecule has 1 amide bonds. The van der Waals surface area contributed by atoms with E-state index in [1.807, 2.05) is 29.2 Å². The molecule has 1 aliphatic rings. The van der Waals surface area contributed by atoms with Crippen molar-refractivity contribution in [2.24, 2.45) is 0 Å². The van der Waals surface area contributed by atoms with E-state index in [1.54, 1.807) is 6.07 Å². The summed E-state index contributed by atoms with van der Waals surface area (Å²) >= 11 is 0. The van der Waals surface area contributed by atoms with Crippen molar-refractivity contribution in [3.63, 3.8) is 0 Å². The van der Waals surface area contributed by atoms with E-state index >= 15 is 0 Å². The van der Waals surface area contributed by atoms with E-state index in [0.717, 1.165) is 24.1 Å². The fourth-order valence-electron chi connectivity index (χ4n) is 2.68. The van der Waals surface area contributed by atoms with Crippen LogP contribution in [0.5, 0.6) is 0 Å². The Labute approximate surface area is 119 Å². The molecule has 2 aromatic carbocycles. The molecular weight excluding hydrogens is 248 g/mol. The Morgan fingerprint density at radius 2 is 2.00 bits per heavy atom. The van der Waals surface area contributed by atoms with E-state index in [2.05, 4.69) is 19.1 Å². The van der Waals surface area contributed by atoms with Crippen LogP contribution in [0.25, 0.3) is 0 Å². The molecule has 0 bridgehead atoms. The molecule has 0 saturated heterocycles. The fraction of sp³-hybridized carbons (Fsp3) is 0.235. The summed E-state index contributed by atoms with van der Waals surface area (Å²) < 4.78 is 0. The summed E-state index contributed by atoms with van der Waals surface area (Å²) in [4.78, 5) is 14.5. The lowest BCUT2D eigenvalue weighted by molar-refractivity contribution is 0.0727. The fourth-order valence-corrected chi connectivity index (χ4v) is 2.68. The van der Waals surface area contributed by atoms with Gasteiger partial charge in [-0.15, -0.1) is 0 Å². The molecule has 2 aromatic rings. The first kappa shape index (κ1) is 12.7. The predicted octanol–water partition coefficient (Wildman–Crippen LogP) is 2.78. The monoisotopic (exact) mass is 266 g/mol. The number of amides is 1. The Morgan fingerprint density at radius 1 is 1.20 bits per heavy atom. The molecule has 1 heterocycles. The second-order valence-corrected chi connectivity index (χ2v) is 5.32. The summed E-state index contributed by atoms with van der Waals surface area (Å²) in [5.74, 6) is 0.0850. The molecule has 0 fully saturated rings. The van der Waals surface area contributed by atoms with Crippen molar-refractivity contribution >= 4 is 11.6 Å². The number of carbonyl (C=O) groups excluding carboxylic acids is 1. The molecular formula is C17H18N2O. The Bertz CT molecular complexity index is 664. The molecule has 0 atom stereocenters. The SMILES string of the molecule is Cc1ccccc1CN1CCc2ccc(N)cc2C1=O. The number of hydrogen-bond acceptors (Lipinski definition) is 2. The van der Waals surface area contributed by atoms with Crippen LogP contribution in [-0.4, -0.2) is 17.4 Å². The van der Waals surface area contributed by atoms with Gasteiger partial charge in [-0.05, 0) is 42.2 Å². The van der Waals surface area contributed by atoms with Gasteiger partial charge in [0.1, 0.15) is 0 Å². The van der Waals surface area contributed by atoms with Crippen molar-refractivity contribution in [1.82, 2.24) is 4.90 Å². The lowest BCUT2D eigenvalue weighted by atomic mass is 9.97. The van der Waals surface area contributed by atoms with Gasteiger partial charge in [-0.1, -0.05) is 30.3 Å². The molecule has 1 aliphatic heterocycles. The average molecular weight is 266 g/mol. The third kappa shape index (κ3) is 2.27. The van der Waals surface area contributed by atoms with Crippen LogP contribution in [0, 0.1) is 6.92 Å². The first-order valence-electron chi connectivity index (χ1n) is 6.87. The average Bonchev–Trinajstić information content (AvgIpc) is 2.45. The van der Waals surface area contributed by atoms with Crippen LogP contribution >= 0.6 is 0 Å². The topological polar surface area (TPSA) is 46.3 Å². The molecule has 20 heavy (non-hydrogen) atoms. The van der Waals surface area contributed by atoms with Gasteiger partial charge < -0.3 is 10.6 Å². The Balaban J connectivity index is 1.87. The van der Waals surface area contributed by atoms with Crippen LogP contribution in [0.1, 0.15) is 27.0 Å². The summed E-state index contributed by atoms with van der Waals surface area (Å²) in [5, 5.41) is 0. The summed E-state index contributed by atoms with van der Waals surface area (Å²) in [6.45, 7) is 3.51. The van der Waals surface area contributed by atoms with Gasteiger partial charge in [0.25, 0.3) is 5.91 Å². The predicted molar refractivity (Wildman–Crippen MR) is 80.5 cm³/mol. The summed E-state index contributed by atoms with van der Waals surface area (Å²) in [5.41, 5.74) is 10.7. The molecule has 0 aromatic heterocycles. The zero-order valence-electron chi connectivity index (χ0n) is 11.6. The highest BCUT2D eigenvalue weighted by atomic mass is 16.2. The molecule has 2 N–H and O–H groups in total. The van der Waals surface area contributed by atoms with Gasteiger partial charge in [-0.25, -0.2) is 0 Å². The molecule has 0 aliphatic carbocycles. The van der Waals surface area contributed by atoms with Gasteiger partial charge in [-0.2, -0.15) is 0 Å². The largest absolute Gasteiger partial charge is 0.399 e. The van der Waals surface area contributed by atoms with Crippen LogP contribution in [0.15, 0.2) is 42.5 Å². The van der Waals surface area contributed by atoms with Crippen molar-refractivity contribution in [2.75, 3.05) is 12.3 Å². The minimum atomic E-state index is 0.0850. The van der Waals surface area contributed by atoms with Crippen LogP contribution in [0.3, 0.4) is 0 Å². The maximum absolute atomic E-state index is 12.6. The van der Waals surface area contributed by atoms with E-state index in [0.29, 0.717) is 12.2 Å². The molecule has 0 unspecified atom stereocenters. The van der Waals surface area contributed by atoms with Crippen molar-refractivity contribution in [2.45, 2.75) is 19.9 Å². The van der Waals surface area contributed by atoms with Gasteiger partial charge >= 0.3 is 0 Å². The van der Waals surface area contributed by atoms with Crippen molar-refractivity contribution in [3.05, 3.63) is 64.7 Å². The third-order valence-corrected chi connectivity index (χ3v) is 3.93. The second kappa shape index (κ2) is 5.00. The number of rotatable bonds is 2. The van der Waals surface area contributed by atoms with Crippen molar-refractivity contribution < 1.29 is 4.79 Å². The number of nitrogens with two attached hydrogens (primary N) is 1. The smallest absolute Gasteiger partial charge is 0.254 e. The van der Waals surface area contributed by atoms with E-state index in [-0.39, 0.29) is 5.91 Å². The number of carbonyl (C=O) groups is 1. The van der Waals surface area contributed by atoms with Crippen LogP contribution in [-0.2, 0) is 13.0 Å². The molecule has 102 valence electrons. The number of nitrogens with zero attached hydrogens (tertiary/aromatic N) is 1. The first-order valence-corrected chi connectivity index (χ1v) is 6.87. The second-order valence-electron chi connectivity index (χ2n) is 5.32. The highest BCUT2D eigenvalue weighted by molar-refractivity contribution is 5.97. The first-order chi connectivity index (χ1) is 9.65. The van der Waals surface area contributed by atoms with E-state index in [4.69, 9.17) is 5.73 Å². The molecule has 0 radical (unpaired) electrons. The minimum absolute atomic E-state index is 0.0850. The lowest BCUT2D eigenvalue weighted by Crippen LogP contribution is -2.37. The van der Waals surface area contributed by atoms with Crippen molar-refractivity contribution in [1.29, 1.82) is 0 Å². The maximum Gasteiger partial charge on any atom is 0.254 e. The van der Waals surface area contributed by atoms with Crippen LogP contribution in [0.4, 0.5) is 5.69 Å². The van der Waals surface area contributed by atoms with Crippen molar-refractivity contribution in [3.8, 4) is 0 Å².